The third-order valence-corrected chi connectivity index (χ3v) is 9.60. The molecule has 0 radical (unpaired) electrons. The van der Waals surface area contributed by atoms with Crippen molar-refractivity contribution in [2.45, 2.75) is 38.4 Å². The Kier molecular flexibility index (Phi) is 8.91. The molecule has 2 atom stereocenters. The van der Waals surface area contributed by atoms with Gasteiger partial charge in [-0.05, 0) is 31.5 Å². The maximum Gasteiger partial charge on any atom is 0.416 e. The predicted octanol–water partition coefficient (Wildman–Crippen LogP) is 4.23. The molecule has 5 aromatic rings. The van der Waals surface area contributed by atoms with E-state index in [0.29, 0.717) is 11.8 Å². The van der Waals surface area contributed by atoms with Crippen LogP contribution in [0, 0.1) is 12.7 Å². The quantitative estimate of drug-likeness (QED) is 0.238. The first kappa shape index (κ1) is 35.5. The van der Waals surface area contributed by atoms with Crippen LogP contribution in [0.25, 0.3) is 17.2 Å². The molecule has 2 aliphatic rings. The molecule has 1 saturated heterocycles. The molecule has 15 nitrogen and oxygen atoms in total. The van der Waals surface area contributed by atoms with Gasteiger partial charge in [0.05, 0.1) is 46.5 Å². The van der Waals surface area contributed by atoms with Crippen molar-refractivity contribution in [1.29, 1.82) is 0 Å². The van der Waals surface area contributed by atoms with Crippen molar-refractivity contribution in [3.63, 3.8) is 0 Å². The summed E-state index contributed by atoms with van der Waals surface area (Å²) in [7, 11) is 1.34. The number of aromatic nitrogens is 7. The van der Waals surface area contributed by atoms with Gasteiger partial charge in [0.15, 0.2) is 23.1 Å². The number of alkyl halides is 3. The van der Waals surface area contributed by atoms with E-state index in [9.17, 15) is 32.7 Å². The van der Waals surface area contributed by atoms with Crippen molar-refractivity contribution >= 4 is 40.6 Å². The topological polar surface area (TPSA) is 173 Å². The Bertz CT molecular complexity index is 2360. The molecule has 6 heterocycles. The van der Waals surface area contributed by atoms with Crippen LogP contribution in [0.15, 0.2) is 41.6 Å². The van der Waals surface area contributed by atoms with Gasteiger partial charge >= 0.3 is 6.18 Å². The number of carbonyl (C=O) groups excluding carboxylic acids is 2. The van der Waals surface area contributed by atoms with Gasteiger partial charge in [0.25, 0.3) is 11.5 Å². The van der Waals surface area contributed by atoms with Crippen LogP contribution < -0.4 is 20.5 Å². The van der Waals surface area contributed by atoms with Gasteiger partial charge in [-0.1, -0.05) is 18.5 Å². The Morgan fingerprint density at radius 2 is 1.83 bits per heavy atom. The SMILES string of the molecule is COc1cc(-c2nc3n4c(c(N5CCN(C(=O)c6ncnc(C)c6O)CC5)c(=O)n3n2)[C@H](C)C[C@@H]4C(=O)Nc2ccc(C(F)(F)F)cc2Cl)c(F)cn1. The second-order valence-corrected chi connectivity index (χ2v) is 12.9. The maximum atomic E-state index is 15.1. The smallest absolute Gasteiger partial charge is 0.416 e. The Balaban J connectivity index is 1.30. The van der Waals surface area contributed by atoms with Crippen molar-refractivity contribution in [1.82, 2.24) is 39.0 Å². The van der Waals surface area contributed by atoms with Gasteiger partial charge in [-0.2, -0.15) is 22.7 Å². The van der Waals surface area contributed by atoms with Crippen LogP contribution >= 0.6 is 11.6 Å². The molecule has 53 heavy (non-hydrogen) atoms. The van der Waals surface area contributed by atoms with Crippen molar-refractivity contribution in [2.75, 3.05) is 43.5 Å². The van der Waals surface area contributed by atoms with E-state index >= 15 is 4.39 Å². The number of ether oxygens (including phenoxy) is 1. The number of piperazine rings is 1. The lowest BCUT2D eigenvalue weighted by molar-refractivity contribution is -0.137. The fourth-order valence-electron chi connectivity index (χ4n) is 6.61. The third kappa shape index (κ3) is 6.23. The highest BCUT2D eigenvalue weighted by molar-refractivity contribution is 6.33. The largest absolute Gasteiger partial charge is 0.504 e. The first-order chi connectivity index (χ1) is 25.2. The van der Waals surface area contributed by atoms with Crippen molar-refractivity contribution < 1.29 is 37.0 Å². The summed E-state index contributed by atoms with van der Waals surface area (Å²) >= 11 is 6.16. The number of nitrogens with zero attached hydrogens (tertiary/aromatic N) is 9. The van der Waals surface area contributed by atoms with Crippen molar-refractivity contribution in [3.8, 4) is 23.0 Å². The number of aromatic hydroxyl groups is 1. The highest BCUT2D eigenvalue weighted by atomic mass is 35.5. The number of aryl methyl sites for hydroxylation is 1. The fourth-order valence-corrected chi connectivity index (χ4v) is 6.84. The number of benzene rings is 1. The predicted molar refractivity (Wildman–Crippen MR) is 181 cm³/mol. The Morgan fingerprint density at radius 3 is 2.51 bits per heavy atom. The zero-order chi connectivity index (χ0) is 37.9. The molecule has 0 unspecified atom stereocenters. The number of anilines is 2. The van der Waals surface area contributed by atoms with Crippen LogP contribution in [0.4, 0.5) is 28.9 Å². The summed E-state index contributed by atoms with van der Waals surface area (Å²) in [5.41, 5.74) is -1.14. The number of rotatable bonds is 6. The number of pyridine rings is 1. The number of fused-ring (bicyclic) bond motifs is 3. The van der Waals surface area contributed by atoms with Gasteiger partial charge in [-0.3, -0.25) is 19.0 Å². The Morgan fingerprint density at radius 1 is 1.09 bits per heavy atom. The lowest BCUT2D eigenvalue weighted by Gasteiger charge is -2.36. The average molecular weight is 757 g/mol. The van der Waals surface area contributed by atoms with E-state index in [0.717, 1.165) is 22.8 Å². The fraction of sp³-hybridized carbons (Fsp3) is 0.333. The van der Waals surface area contributed by atoms with Crippen LogP contribution in [0.1, 0.15) is 52.7 Å². The summed E-state index contributed by atoms with van der Waals surface area (Å²) in [5.74, 6) is -3.00. The number of hydrogen-bond acceptors (Lipinski definition) is 11. The molecule has 2 N–H and O–H groups in total. The standard InChI is InChI=1S/C33H29ClF4N10O5/c1-15-10-22(29(50)42-21-5-4-17(11-19(21)34)33(36,37)38)47-25(15)26(45-6-8-46(9-7-45)30(51)24-27(49)16(2)40-14-41-24)31(52)48-32(47)43-28(44-48)18-12-23(53-3)39-13-20(18)35/h4-5,11-15,22,49H,6-10H2,1-3H3,(H,42,50)/t15-,22-/m1/s1. The molecular formula is C33H29ClF4N10O5. The first-order valence-corrected chi connectivity index (χ1v) is 16.5. The molecule has 0 aliphatic carbocycles. The second kappa shape index (κ2) is 13.3. The van der Waals surface area contributed by atoms with E-state index in [1.807, 2.05) is 0 Å². The monoisotopic (exact) mass is 756 g/mol. The maximum absolute atomic E-state index is 15.1. The van der Waals surface area contributed by atoms with Crippen LogP contribution in [0.5, 0.6) is 11.6 Å². The lowest BCUT2D eigenvalue weighted by Crippen LogP contribution is -2.51. The normalized spacial score (nSPS) is 17.3. The number of methoxy groups -OCH3 is 1. The summed E-state index contributed by atoms with van der Waals surface area (Å²) < 4.78 is 62.6. The summed E-state index contributed by atoms with van der Waals surface area (Å²) in [6.07, 6.45) is -2.42. The van der Waals surface area contributed by atoms with E-state index in [4.69, 9.17) is 16.3 Å². The van der Waals surface area contributed by atoms with Crippen molar-refractivity contribution in [2.24, 2.45) is 0 Å². The number of amides is 2. The molecule has 7 rings (SSSR count). The number of nitrogens with one attached hydrogen (secondary N) is 1. The Hall–Kier alpha value is -5.85. The zero-order valence-electron chi connectivity index (χ0n) is 28.1. The number of hydrogen-bond donors (Lipinski definition) is 2. The number of halogens is 5. The molecule has 2 aliphatic heterocycles. The van der Waals surface area contributed by atoms with Gasteiger partial charge in [0, 0.05) is 38.2 Å². The highest BCUT2D eigenvalue weighted by Crippen LogP contribution is 2.43. The third-order valence-electron chi connectivity index (χ3n) is 9.29. The zero-order valence-corrected chi connectivity index (χ0v) is 28.9. The molecule has 0 bridgehead atoms. The molecule has 20 heteroatoms. The molecular weight excluding hydrogens is 728 g/mol. The lowest BCUT2D eigenvalue weighted by atomic mass is 10.0. The van der Waals surface area contributed by atoms with Gasteiger partial charge in [-0.15, -0.1) is 5.10 Å². The molecule has 276 valence electrons. The van der Waals surface area contributed by atoms with E-state index in [1.54, 1.807) is 11.8 Å². The summed E-state index contributed by atoms with van der Waals surface area (Å²) in [6.45, 7) is 3.92. The first-order valence-electron chi connectivity index (χ1n) is 16.1. The molecule has 4 aromatic heterocycles. The highest BCUT2D eigenvalue weighted by Gasteiger charge is 2.41. The van der Waals surface area contributed by atoms with Crippen LogP contribution in [0.3, 0.4) is 0 Å². The summed E-state index contributed by atoms with van der Waals surface area (Å²) in [4.78, 5) is 61.0. The minimum absolute atomic E-state index is 0.0540. The number of carbonyl (C=O) groups is 2. The minimum atomic E-state index is -4.65. The van der Waals surface area contributed by atoms with Gasteiger partial charge in [0.2, 0.25) is 17.6 Å². The van der Waals surface area contributed by atoms with E-state index < -0.39 is 46.9 Å². The van der Waals surface area contributed by atoms with Crippen molar-refractivity contribution in [3.05, 3.63) is 80.6 Å². The Labute approximate surface area is 301 Å². The van der Waals surface area contributed by atoms with E-state index in [2.05, 4.69) is 30.4 Å². The van der Waals surface area contributed by atoms with Crippen LogP contribution in [-0.4, -0.2) is 89.2 Å². The minimum Gasteiger partial charge on any atom is -0.504 e. The summed E-state index contributed by atoms with van der Waals surface area (Å²) in [5, 5.41) is 17.0. The molecule has 0 spiro atoms. The molecule has 2 amide bonds. The molecule has 1 fully saturated rings. The van der Waals surface area contributed by atoms with Crippen LogP contribution in [0.2, 0.25) is 5.02 Å². The molecule has 1 aromatic carbocycles. The average Bonchev–Trinajstić information content (AvgIpc) is 3.72. The van der Waals surface area contributed by atoms with Gasteiger partial charge in [-0.25, -0.2) is 19.3 Å². The van der Waals surface area contributed by atoms with E-state index in [-0.39, 0.29) is 89.2 Å². The summed E-state index contributed by atoms with van der Waals surface area (Å²) in [6, 6.07) is 2.73. The second-order valence-electron chi connectivity index (χ2n) is 12.5. The van der Waals surface area contributed by atoms with E-state index in [1.165, 1.54) is 35.9 Å². The van der Waals surface area contributed by atoms with Gasteiger partial charge in [0.1, 0.15) is 18.1 Å². The van der Waals surface area contributed by atoms with Crippen LogP contribution in [-0.2, 0) is 11.0 Å². The van der Waals surface area contributed by atoms with Gasteiger partial charge < -0.3 is 25.0 Å². The molecule has 0 saturated carbocycles.